The summed E-state index contributed by atoms with van der Waals surface area (Å²) in [7, 11) is 2.18. The first kappa shape index (κ1) is 18.5. The standard InChI is InChI=1S/C21H25F2N6/c1-27-13-21(14-27)3-2-15(11-21)28-6-8-29(9-7-28)20-19(16(22)10-18(23)26-20)17-12-24-4-5-25-17/h4-5,10,12H,2-3,6-9,11,13-14H2,1H3/q+1. The van der Waals surface area contributed by atoms with Crippen LogP contribution in [0.4, 0.5) is 14.6 Å². The zero-order chi connectivity index (χ0) is 20.0. The van der Waals surface area contributed by atoms with Gasteiger partial charge >= 0.3 is 0 Å². The van der Waals surface area contributed by atoms with Crippen molar-refractivity contribution in [3.05, 3.63) is 36.4 Å². The summed E-state index contributed by atoms with van der Waals surface area (Å²) in [5.74, 6) is -1.15. The Labute approximate surface area is 168 Å². The largest absolute Gasteiger partial charge is 0.343 e. The van der Waals surface area contributed by atoms with Gasteiger partial charge in [0.15, 0.2) is 18.8 Å². The summed E-state index contributed by atoms with van der Waals surface area (Å²) < 4.78 is 31.0. The minimum atomic E-state index is -0.811. The van der Waals surface area contributed by atoms with Crippen molar-refractivity contribution in [1.82, 2.24) is 19.9 Å². The fraction of sp³-hybridized carbons (Fsp3) is 0.524. The predicted octanol–water partition coefficient (Wildman–Crippen LogP) is 2.21. The predicted molar refractivity (Wildman–Crippen MR) is 106 cm³/mol. The number of anilines is 1. The topological polar surface area (TPSA) is 48.2 Å². The molecule has 0 amide bonds. The van der Waals surface area contributed by atoms with Crippen molar-refractivity contribution in [2.75, 3.05) is 51.2 Å². The number of rotatable bonds is 2. The molecule has 5 rings (SSSR count). The van der Waals surface area contributed by atoms with Crippen LogP contribution in [-0.4, -0.2) is 76.5 Å². The van der Waals surface area contributed by atoms with Gasteiger partial charge in [0.25, 0.3) is 0 Å². The van der Waals surface area contributed by atoms with Gasteiger partial charge in [-0.1, -0.05) is 0 Å². The Bertz CT molecular complexity index is 945. The zero-order valence-electron chi connectivity index (χ0n) is 16.6. The van der Waals surface area contributed by atoms with E-state index in [9.17, 15) is 8.78 Å². The number of likely N-dealkylation sites (tertiary alicyclic amines) is 1. The molecule has 1 saturated carbocycles. The van der Waals surface area contributed by atoms with Gasteiger partial charge in [-0.15, -0.1) is 0 Å². The van der Waals surface area contributed by atoms with Gasteiger partial charge in [0.2, 0.25) is 5.95 Å². The molecule has 29 heavy (non-hydrogen) atoms. The van der Waals surface area contributed by atoms with Crippen LogP contribution in [0.2, 0.25) is 0 Å². The second-order valence-corrected chi connectivity index (χ2v) is 8.61. The molecule has 6 nitrogen and oxygen atoms in total. The van der Waals surface area contributed by atoms with Crippen LogP contribution in [0.15, 0.2) is 24.7 Å². The molecule has 0 bridgehead atoms. The second-order valence-electron chi connectivity index (χ2n) is 8.61. The smallest absolute Gasteiger partial charge is 0.217 e. The first-order chi connectivity index (χ1) is 14.0. The summed E-state index contributed by atoms with van der Waals surface area (Å²) in [6, 6.07) is 0.813. The molecule has 0 N–H and O–H groups in total. The van der Waals surface area contributed by atoms with Crippen LogP contribution >= 0.6 is 0 Å². The Morgan fingerprint density at radius 3 is 2.62 bits per heavy atom. The van der Waals surface area contributed by atoms with E-state index in [0.717, 1.165) is 19.2 Å². The van der Waals surface area contributed by atoms with E-state index in [2.05, 4.69) is 31.5 Å². The Morgan fingerprint density at radius 2 is 1.93 bits per heavy atom. The van der Waals surface area contributed by atoms with Gasteiger partial charge in [-0.2, -0.15) is 4.39 Å². The third-order valence-electron chi connectivity index (χ3n) is 6.50. The first-order valence-corrected chi connectivity index (χ1v) is 10.2. The minimum Gasteiger partial charge on any atom is -0.343 e. The van der Waals surface area contributed by atoms with Crippen molar-refractivity contribution in [1.29, 1.82) is 0 Å². The third-order valence-corrected chi connectivity index (χ3v) is 6.50. The van der Waals surface area contributed by atoms with Gasteiger partial charge in [-0.25, -0.2) is 13.9 Å². The Morgan fingerprint density at radius 1 is 1.14 bits per heavy atom. The van der Waals surface area contributed by atoms with E-state index in [-0.39, 0.29) is 5.56 Å². The van der Waals surface area contributed by atoms with Crippen LogP contribution in [0.1, 0.15) is 19.3 Å². The summed E-state index contributed by atoms with van der Waals surface area (Å²) in [6.45, 7) is 5.45. The molecule has 2 aliphatic heterocycles. The van der Waals surface area contributed by atoms with Crippen LogP contribution in [-0.2, 0) is 0 Å². The molecule has 2 aromatic rings. The number of piperazine rings is 1. The van der Waals surface area contributed by atoms with Crippen LogP contribution in [0.5, 0.6) is 0 Å². The lowest BCUT2D eigenvalue weighted by Crippen LogP contribution is -2.53. The average molecular weight is 399 g/mol. The zero-order valence-corrected chi connectivity index (χ0v) is 16.6. The summed E-state index contributed by atoms with van der Waals surface area (Å²) >= 11 is 0. The van der Waals surface area contributed by atoms with Gasteiger partial charge in [-0.3, -0.25) is 9.97 Å². The van der Waals surface area contributed by atoms with Crippen molar-refractivity contribution in [3.8, 4) is 11.3 Å². The molecular formula is C21H25F2N6+. The maximum absolute atomic E-state index is 14.6. The molecule has 3 aliphatic rings. The highest BCUT2D eigenvalue weighted by atomic mass is 19.1. The molecule has 2 saturated heterocycles. The molecule has 1 aliphatic carbocycles. The number of aromatic nitrogens is 3. The van der Waals surface area contributed by atoms with Gasteiger partial charge in [-0.05, 0) is 13.5 Å². The van der Waals surface area contributed by atoms with Gasteiger partial charge in [0.1, 0.15) is 11.6 Å². The van der Waals surface area contributed by atoms with E-state index in [4.69, 9.17) is 0 Å². The Balaban J connectivity index is 1.37. The highest BCUT2D eigenvalue weighted by molar-refractivity contribution is 5.83. The summed E-state index contributed by atoms with van der Waals surface area (Å²) in [5, 5.41) is 0. The highest BCUT2D eigenvalue weighted by Crippen LogP contribution is 2.43. The summed E-state index contributed by atoms with van der Waals surface area (Å²) in [6.07, 6.45) is 8.16. The number of hydrogen-bond donors (Lipinski definition) is 0. The van der Waals surface area contributed by atoms with E-state index in [0.29, 0.717) is 30.0 Å². The van der Waals surface area contributed by atoms with Gasteiger partial charge < -0.3 is 9.80 Å². The fourth-order valence-corrected chi connectivity index (χ4v) is 5.26. The van der Waals surface area contributed by atoms with Crippen LogP contribution < -0.4 is 4.90 Å². The number of halogens is 2. The van der Waals surface area contributed by atoms with Crippen LogP contribution in [0, 0.1) is 17.2 Å². The average Bonchev–Trinajstić information content (AvgIpc) is 3.13. The molecule has 0 aromatic carbocycles. The lowest BCUT2D eigenvalue weighted by molar-refractivity contribution is -0.531. The van der Waals surface area contributed by atoms with Crippen molar-refractivity contribution in [3.63, 3.8) is 0 Å². The normalized spacial score (nSPS) is 21.7. The molecule has 0 atom stereocenters. The molecule has 152 valence electrons. The summed E-state index contributed by atoms with van der Waals surface area (Å²) in [4.78, 5) is 16.6. The highest BCUT2D eigenvalue weighted by Gasteiger charge is 2.48. The minimum absolute atomic E-state index is 0.220. The van der Waals surface area contributed by atoms with E-state index in [1.807, 2.05) is 4.90 Å². The fourth-order valence-electron chi connectivity index (χ4n) is 5.26. The molecule has 0 unspecified atom stereocenters. The van der Waals surface area contributed by atoms with Crippen LogP contribution in [0.3, 0.4) is 0 Å². The Hall–Kier alpha value is -2.48. The van der Waals surface area contributed by atoms with E-state index in [1.54, 1.807) is 5.71 Å². The number of nitrogens with zero attached hydrogens (tertiary/aromatic N) is 6. The van der Waals surface area contributed by atoms with Crippen molar-refractivity contribution in [2.24, 2.45) is 5.41 Å². The lowest BCUT2D eigenvalue weighted by Gasteiger charge is -2.45. The maximum atomic E-state index is 14.6. The second kappa shape index (κ2) is 7.09. The molecule has 1 spiro atoms. The lowest BCUT2D eigenvalue weighted by atomic mass is 9.79. The van der Waals surface area contributed by atoms with E-state index in [1.165, 1.54) is 50.9 Å². The van der Waals surface area contributed by atoms with E-state index >= 15 is 0 Å². The monoisotopic (exact) mass is 399 g/mol. The van der Waals surface area contributed by atoms with Gasteiger partial charge in [0.05, 0.1) is 30.5 Å². The molecule has 2 aromatic heterocycles. The van der Waals surface area contributed by atoms with Crippen molar-refractivity contribution in [2.45, 2.75) is 19.3 Å². The summed E-state index contributed by atoms with van der Waals surface area (Å²) in [5.41, 5.74) is 2.63. The van der Waals surface area contributed by atoms with Crippen molar-refractivity contribution < 1.29 is 13.4 Å². The Kier molecular flexibility index (Phi) is 4.53. The molecule has 4 heterocycles. The number of hydrogen-bond acceptors (Lipinski definition) is 5. The number of pyridine rings is 1. The van der Waals surface area contributed by atoms with Crippen molar-refractivity contribution >= 4 is 11.5 Å². The third kappa shape index (κ3) is 3.39. The molecular weight excluding hydrogens is 374 g/mol. The van der Waals surface area contributed by atoms with Crippen LogP contribution in [0.25, 0.3) is 11.3 Å². The SMILES string of the molecule is CN1CC2(CCC(=[N+]3CCN(c4nc(F)cc(F)c4-c4cnccn4)CC3)C2)C1. The van der Waals surface area contributed by atoms with E-state index < -0.39 is 11.8 Å². The molecule has 0 radical (unpaired) electrons. The molecule has 3 fully saturated rings. The first-order valence-electron chi connectivity index (χ1n) is 10.2. The maximum Gasteiger partial charge on any atom is 0.217 e. The molecule has 8 heteroatoms. The van der Waals surface area contributed by atoms with Gasteiger partial charge in [0, 0.05) is 49.8 Å². The quantitative estimate of drug-likeness (QED) is 0.573.